The van der Waals surface area contributed by atoms with Crippen LogP contribution in [0.4, 0.5) is 0 Å². The first kappa shape index (κ1) is 6.98. The van der Waals surface area contributed by atoms with Crippen molar-refractivity contribution in [3.05, 3.63) is 10.8 Å². The third-order valence-electron chi connectivity index (χ3n) is 0.840. The minimum Gasteiger partial charge on any atom is -0.479 e. The predicted octanol–water partition coefficient (Wildman–Crippen LogP) is 0.635. The fraction of sp³-hybridized carbons (Fsp3) is 0.250. The van der Waals surface area contributed by atoms with Crippen LogP contribution in [0, 0.1) is 0 Å². The van der Waals surface area contributed by atoms with Crippen molar-refractivity contribution < 1.29 is 9.90 Å². The van der Waals surface area contributed by atoms with Crippen LogP contribution >= 0.6 is 23.5 Å². The number of thioether (sulfide) groups is 2. The molecule has 0 spiro atoms. The van der Waals surface area contributed by atoms with E-state index in [4.69, 9.17) is 10.8 Å². The maximum absolute atomic E-state index is 10.3. The third kappa shape index (κ3) is 1.23. The zero-order chi connectivity index (χ0) is 6.91. The highest BCUT2D eigenvalue weighted by Crippen LogP contribution is 2.40. The normalized spacial score (nSPS) is 22.3. The molecule has 0 saturated heterocycles. The molecule has 0 aromatic carbocycles. The number of carbonyl (C=O) groups is 1. The first-order valence-electron chi connectivity index (χ1n) is 2.18. The summed E-state index contributed by atoms with van der Waals surface area (Å²) in [6, 6.07) is 0. The first-order valence-corrected chi connectivity index (χ1v) is 3.94. The van der Waals surface area contributed by atoms with Crippen LogP contribution in [0.15, 0.2) is 10.8 Å². The molecule has 50 valence electrons. The molecule has 1 rings (SSSR count). The van der Waals surface area contributed by atoms with E-state index in [9.17, 15) is 4.79 Å². The lowest BCUT2D eigenvalue weighted by Gasteiger charge is -2.13. The fourth-order valence-corrected chi connectivity index (χ4v) is 1.99. The van der Waals surface area contributed by atoms with E-state index in [0.29, 0.717) is 0 Å². The average Bonchev–Trinajstić information content (AvgIpc) is 2.16. The molecule has 1 heterocycles. The molecular weight excluding hydrogens is 158 g/mol. The molecule has 0 unspecified atom stereocenters. The standard InChI is InChI=1S/C4H5NO2S2/c5-4(3(6)7)8-1-2-9-4/h1-2H,5H2,(H,6,7). The predicted molar refractivity (Wildman–Crippen MR) is 38.9 cm³/mol. The van der Waals surface area contributed by atoms with E-state index in [1.165, 1.54) is 0 Å². The zero-order valence-electron chi connectivity index (χ0n) is 4.40. The van der Waals surface area contributed by atoms with Gasteiger partial charge in [-0.15, -0.1) is 0 Å². The van der Waals surface area contributed by atoms with Gasteiger partial charge in [0.15, 0.2) is 0 Å². The summed E-state index contributed by atoms with van der Waals surface area (Å²) in [5.74, 6) is -0.984. The minimum atomic E-state index is -1.17. The van der Waals surface area contributed by atoms with Crippen LogP contribution < -0.4 is 5.73 Å². The Morgan fingerprint density at radius 3 is 2.22 bits per heavy atom. The molecule has 3 N–H and O–H groups in total. The van der Waals surface area contributed by atoms with Gasteiger partial charge in [0.05, 0.1) is 0 Å². The van der Waals surface area contributed by atoms with Crippen molar-refractivity contribution in [1.82, 2.24) is 0 Å². The van der Waals surface area contributed by atoms with Crippen LogP contribution in [-0.2, 0) is 4.79 Å². The van der Waals surface area contributed by atoms with Crippen molar-refractivity contribution in [2.24, 2.45) is 5.73 Å². The van der Waals surface area contributed by atoms with Crippen molar-refractivity contribution in [1.29, 1.82) is 0 Å². The zero-order valence-corrected chi connectivity index (χ0v) is 6.04. The lowest BCUT2D eigenvalue weighted by Crippen LogP contribution is -2.38. The van der Waals surface area contributed by atoms with Crippen LogP contribution in [0.1, 0.15) is 0 Å². The first-order chi connectivity index (χ1) is 4.15. The highest BCUT2D eigenvalue weighted by molar-refractivity contribution is 8.24. The van der Waals surface area contributed by atoms with Crippen LogP contribution in [0.5, 0.6) is 0 Å². The maximum atomic E-state index is 10.3. The molecule has 0 aromatic rings. The van der Waals surface area contributed by atoms with Crippen molar-refractivity contribution in [3.8, 4) is 0 Å². The lowest BCUT2D eigenvalue weighted by molar-refractivity contribution is -0.137. The topological polar surface area (TPSA) is 63.3 Å². The molecule has 0 atom stereocenters. The second kappa shape index (κ2) is 2.24. The molecule has 1 aliphatic heterocycles. The van der Waals surface area contributed by atoms with Gasteiger partial charge in [-0.3, -0.25) is 5.73 Å². The molecule has 0 bridgehead atoms. The Morgan fingerprint density at radius 1 is 1.56 bits per heavy atom. The SMILES string of the molecule is NC1(C(=O)O)SC=CS1. The van der Waals surface area contributed by atoms with Crippen molar-refractivity contribution in [2.45, 2.75) is 4.20 Å². The van der Waals surface area contributed by atoms with E-state index in [0.717, 1.165) is 23.5 Å². The summed E-state index contributed by atoms with van der Waals surface area (Å²) >= 11 is 2.23. The lowest BCUT2D eigenvalue weighted by atomic mass is 10.7. The number of rotatable bonds is 1. The monoisotopic (exact) mass is 163 g/mol. The molecule has 0 saturated carbocycles. The molecule has 9 heavy (non-hydrogen) atoms. The van der Waals surface area contributed by atoms with Crippen molar-refractivity contribution in [3.63, 3.8) is 0 Å². The minimum absolute atomic E-state index is 0.984. The Bertz CT molecular complexity index is 160. The number of hydrogen-bond acceptors (Lipinski definition) is 4. The van der Waals surface area contributed by atoms with Crippen LogP contribution in [0.3, 0.4) is 0 Å². The average molecular weight is 163 g/mol. The summed E-state index contributed by atoms with van der Waals surface area (Å²) in [6.07, 6.45) is 0. The van der Waals surface area contributed by atoms with Crippen LogP contribution in [0.25, 0.3) is 0 Å². The van der Waals surface area contributed by atoms with Crippen LogP contribution in [-0.4, -0.2) is 15.3 Å². The Balaban J connectivity index is 2.66. The quantitative estimate of drug-likeness (QED) is 0.593. The molecule has 3 nitrogen and oxygen atoms in total. The number of carboxylic acids is 1. The summed E-state index contributed by atoms with van der Waals surface area (Å²) in [5, 5.41) is 11.8. The van der Waals surface area contributed by atoms with Gasteiger partial charge in [0.1, 0.15) is 0 Å². The molecular formula is C4H5NO2S2. The fourth-order valence-electron chi connectivity index (χ4n) is 0.386. The molecule has 0 amide bonds. The Morgan fingerprint density at radius 2 is 2.00 bits per heavy atom. The van der Waals surface area contributed by atoms with E-state index in [-0.39, 0.29) is 0 Å². The van der Waals surface area contributed by atoms with Gasteiger partial charge in [0, 0.05) is 0 Å². The second-order valence-electron chi connectivity index (χ2n) is 1.48. The van der Waals surface area contributed by atoms with Gasteiger partial charge in [-0.05, 0) is 10.8 Å². The van der Waals surface area contributed by atoms with Gasteiger partial charge in [0.25, 0.3) is 0 Å². The van der Waals surface area contributed by atoms with Gasteiger partial charge < -0.3 is 5.11 Å². The highest BCUT2D eigenvalue weighted by Gasteiger charge is 2.36. The smallest absolute Gasteiger partial charge is 0.345 e. The van der Waals surface area contributed by atoms with Gasteiger partial charge in [0.2, 0.25) is 4.20 Å². The molecule has 1 aliphatic rings. The highest BCUT2D eigenvalue weighted by atomic mass is 32.2. The summed E-state index contributed by atoms with van der Waals surface area (Å²) in [6.45, 7) is 0. The van der Waals surface area contributed by atoms with Gasteiger partial charge in [-0.1, -0.05) is 23.5 Å². The summed E-state index contributed by atoms with van der Waals surface area (Å²) in [5.41, 5.74) is 5.37. The number of carboxylic acid groups (broad SMARTS) is 1. The van der Waals surface area contributed by atoms with E-state index < -0.39 is 10.2 Å². The largest absolute Gasteiger partial charge is 0.479 e. The number of nitrogens with two attached hydrogens (primary N) is 1. The third-order valence-corrected chi connectivity index (χ3v) is 3.18. The molecule has 0 fully saturated rings. The van der Waals surface area contributed by atoms with E-state index in [2.05, 4.69) is 0 Å². The second-order valence-corrected chi connectivity index (χ2v) is 4.04. The van der Waals surface area contributed by atoms with Gasteiger partial charge >= 0.3 is 5.97 Å². The molecule has 0 radical (unpaired) electrons. The van der Waals surface area contributed by atoms with E-state index in [1.54, 1.807) is 10.8 Å². The van der Waals surface area contributed by atoms with Crippen molar-refractivity contribution >= 4 is 29.5 Å². The van der Waals surface area contributed by atoms with Gasteiger partial charge in [-0.2, -0.15) is 0 Å². The molecule has 0 aliphatic carbocycles. The van der Waals surface area contributed by atoms with Crippen LogP contribution in [0.2, 0.25) is 0 Å². The van der Waals surface area contributed by atoms with Gasteiger partial charge in [-0.25, -0.2) is 4.79 Å². The Kier molecular flexibility index (Phi) is 1.74. The molecule has 0 aromatic heterocycles. The van der Waals surface area contributed by atoms with Crippen molar-refractivity contribution in [2.75, 3.05) is 0 Å². The molecule has 5 heteroatoms. The number of aliphatic carboxylic acids is 1. The Labute approximate surface area is 60.7 Å². The van der Waals surface area contributed by atoms with E-state index in [1.807, 2.05) is 0 Å². The van der Waals surface area contributed by atoms with E-state index >= 15 is 0 Å². The maximum Gasteiger partial charge on any atom is 0.345 e. The Hall–Kier alpha value is -0.130. The summed E-state index contributed by atoms with van der Waals surface area (Å²) in [7, 11) is 0. The summed E-state index contributed by atoms with van der Waals surface area (Å²) in [4.78, 5) is 10.3. The number of hydrogen-bond donors (Lipinski definition) is 2. The summed E-state index contributed by atoms with van der Waals surface area (Å²) < 4.78 is -1.17.